The Labute approximate surface area is 232 Å². The van der Waals surface area contributed by atoms with Gasteiger partial charge in [-0.2, -0.15) is 0 Å². The maximum atomic E-state index is 14.8. The van der Waals surface area contributed by atoms with Gasteiger partial charge in [0, 0.05) is 29.4 Å². The molecule has 0 radical (unpaired) electrons. The molecule has 2 amide bonds. The number of benzene rings is 2. The van der Waals surface area contributed by atoms with Crippen LogP contribution in [0.1, 0.15) is 77.5 Å². The van der Waals surface area contributed by atoms with Gasteiger partial charge in [0.1, 0.15) is 4.88 Å². The normalized spacial score (nSPS) is 15.6. The Balaban J connectivity index is 1.42. The third-order valence-electron chi connectivity index (χ3n) is 7.27. The van der Waals surface area contributed by atoms with Gasteiger partial charge in [-0.25, -0.2) is 9.37 Å². The fourth-order valence-electron chi connectivity index (χ4n) is 4.86. The number of ether oxygens (including phenoxy) is 1. The van der Waals surface area contributed by atoms with Gasteiger partial charge in [0.05, 0.1) is 12.3 Å². The van der Waals surface area contributed by atoms with E-state index in [0.29, 0.717) is 45.9 Å². The summed E-state index contributed by atoms with van der Waals surface area (Å²) in [5.41, 5.74) is 3.13. The van der Waals surface area contributed by atoms with Crippen LogP contribution < -0.4 is 20.7 Å². The Kier molecular flexibility index (Phi) is 8.45. The van der Waals surface area contributed by atoms with Crippen molar-refractivity contribution >= 4 is 34.0 Å². The number of nitrogens with zero attached hydrogens (tertiary/aromatic N) is 1. The molecule has 0 saturated heterocycles. The number of thiazole rings is 1. The number of hydrogen-bond donors (Lipinski definition) is 3. The third kappa shape index (κ3) is 6.76. The summed E-state index contributed by atoms with van der Waals surface area (Å²) < 4.78 is 20.1. The second-order valence-corrected chi connectivity index (χ2v) is 11.4. The van der Waals surface area contributed by atoms with Crippen molar-refractivity contribution < 1.29 is 18.7 Å². The molecule has 2 saturated carbocycles. The number of carbonyl (C=O) groups excluding carboxylic acids is 2. The smallest absolute Gasteiger partial charge is 0.263 e. The van der Waals surface area contributed by atoms with Crippen molar-refractivity contribution in [3.63, 3.8) is 0 Å². The first-order valence-electron chi connectivity index (χ1n) is 13.8. The summed E-state index contributed by atoms with van der Waals surface area (Å²) in [5, 5.41) is 9.90. The van der Waals surface area contributed by atoms with Crippen LogP contribution >= 0.6 is 11.3 Å². The Morgan fingerprint density at radius 2 is 1.85 bits per heavy atom. The van der Waals surface area contributed by atoms with E-state index in [1.165, 1.54) is 36.7 Å². The number of nitrogens with one attached hydrogen (secondary N) is 3. The predicted molar refractivity (Wildman–Crippen MR) is 153 cm³/mol. The number of amides is 2. The van der Waals surface area contributed by atoms with E-state index in [1.807, 2.05) is 13.0 Å². The topological polar surface area (TPSA) is 92.3 Å². The molecule has 1 heterocycles. The quantitative estimate of drug-likeness (QED) is 0.264. The Hall–Kier alpha value is -3.46. The van der Waals surface area contributed by atoms with E-state index >= 15 is 0 Å². The highest BCUT2D eigenvalue weighted by molar-refractivity contribution is 7.18. The molecule has 9 heteroatoms. The molecule has 2 fully saturated rings. The SMILES string of the molecule is CCOc1ccc(-c2nc(Nc3cc(C(=O)NC4CC4)ccc3C)sc2C(=O)NCC2CCCCC2)cc1F. The van der Waals surface area contributed by atoms with Crippen molar-refractivity contribution in [1.29, 1.82) is 0 Å². The monoisotopic (exact) mass is 550 g/mol. The van der Waals surface area contributed by atoms with Crippen molar-refractivity contribution in [2.75, 3.05) is 18.5 Å². The predicted octanol–water partition coefficient (Wildman–Crippen LogP) is 6.60. The molecule has 0 aliphatic heterocycles. The summed E-state index contributed by atoms with van der Waals surface area (Å²) in [6.45, 7) is 4.72. The molecule has 0 unspecified atom stereocenters. The second kappa shape index (κ2) is 12.2. The van der Waals surface area contributed by atoms with Crippen LogP contribution in [0.3, 0.4) is 0 Å². The number of carbonyl (C=O) groups is 2. The van der Waals surface area contributed by atoms with E-state index in [-0.39, 0.29) is 23.6 Å². The number of anilines is 2. The molecule has 39 heavy (non-hydrogen) atoms. The van der Waals surface area contributed by atoms with Gasteiger partial charge in [0.15, 0.2) is 16.7 Å². The van der Waals surface area contributed by atoms with Crippen LogP contribution in [0.15, 0.2) is 36.4 Å². The number of rotatable bonds is 10. The van der Waals surface area contributed by atoms with Gasteiger partial charge in [-0.05, 0) is 81.3 Å². The highest BCUT2D eigenvalue weighted by atomic mass is 32.1. The highest BCUT2D eigenvalue weighted by Gasteiger charge is 2.25. The molecule has 2 aliphatic carbocycles. The average Bonchev–Trinajstić information content (AvgIpc) is 3.66. The molecular weight excluding hydrogens is 515 g/mol. The van der Waals surface area contributed by atoms with Crippen LogP contribution in [0.4, 0.5) is 15.2 Å². The lowest BCUT2D eigenvalue weighted by atomic mass is 9.89. The van der Waals surface area contributed by atoms with Gasteiger partial charge in [-0.3, -0.25) is 9.59 Å². The van der Waals surface area contributed by atoms with E-state index in [1.54, 1.807) is 31.2 Å². The maximum absolute atomic E-state index is 14.8. The van der Waals surface area contributed by atoms with Crippen LogP contribution in [0.2, 0.25) is 0 Å². The first-order valence-corrected chi connectivity index (χ1v) is 14.6. The van der Waals surface area contributed by atoms with E-state index in [0.717, 1.165) is 36.9 Å². The lowest BCUT2D eigenvalue weighted by Gasteiger charge is -2.21. The van der Waals surface area contributed by atoms with Gasteiger partial charge in [0.25, 0.3) is 11.8 Å². The van der Waals surface area contributed by atoms with Crippen LogP contribution in [0.25, 0.3) is 11.3 Å². The van der Waals surface area contributed by atoms with E-state index in [4.69, 9.17) is 9.72 Å². The van der Waals surface area contributed by atoms with Crippen molar-refractivity contribution in [3.8, 4) is 17.0 Å². The summed E-state index contributed by atoms with van der Waals surface area (Å²) in [6.07, 6.45) is 7.93. The minimum atomic E-state index is -0.504. The maximum Gasteiger partial charge on any atom is 0.263 e. The fraction of sp³-hybridized carbons (Fsp3) is 0.433. The summed E-state index contributed by atoms with van der Waals surface area (Å²) in [6, 6.07) is 10.4. The standard InChI is InChI=1S/C30H35FN4O3S/c1-3-38-25-14-11-20(15-23(25)31)26-27(29(37)32-17-19-7-5-4-6-8-19)39-30(35-26)34-24-16-21(10-9-18(24)2)28(36)33-22-12-13-22/h9-11,14-16,19,22H,3-8,12-13,17H2,1-2H3,(H,32,37)(H,33,36)(H,34,35). The Morgan fingerprint density at radius 3 is 2.56 bits per heavy atom. The largest absolute Gasteiger partial charge is 0.491 e. The first-order chi connectivity index (χ1) is 18.9. The summed E-state index contributed by atoms with van der Waals surface area (Å²) in [7, 11) is 0. The molecule has 0 spiro atoms. The average molecular weight is 551 g/mol. The highest BCUT2D eigenvalue weighted by Crippen LogP contribution is 2.35. The third-order valence-corrected chi connectivity index (χ3v) is 8.24. The number of aryl methyl sites for hydroxylation is 1. The lowest BCUT2D eigenvalue weighted by Crippen LogP contribution is -2.30. The molecular formula is C30H35FN4O3S. The molecule has 2 aromatic carbocycles. The summed E-state index contributed by atoms with van der Waals surface area (Å²) >= 11 is 1.22. The van der Waals surface area contributed by atoms with Crippen LogP contribution in [0.5, 0.6) is 5.75 Å². The van der Waals surface area contributed by atoms with Gasteiger partial charge in [-0.1, -0.05) is 36.7 Å². The zero-order chi connectivity index (χ0) is 27.4. The first kappa shape index (κ1) is 27.1. The van der Waals surface area contributed by atoms with Gasteiger partial charge < -0.3 is 20.7 Å². The van der Waals surface area contributed by atoms with E-state index in [9.17, 15) is 14.0 Å². The van der Waals surface area contributed by atoms with E-state index in [2.05, 4.69) is 16.0 Å². The second-order valence-electron chi connectivity index (χ2n) is 10.4. The molecule has 206 valence electrons. The molecule has 3 aromatic rings. The molecule has 5 rings (SSSR count). The van der Waals surface area contributed by atoms with Crippen molar-refractivity contribution in [2.45, 2.75) is 64.8 Å². The van der Waals surface area contributed by atoms with Crippen molar-refractivity contribution in [1.82, 2.24) is 15.6 Å². The number of aromatic nitrogens is 1. The Morgan fingerprint density at radius 1 is 1.05 bits per heavy atom. The van der Waals surface area contributed by atoms with Crippen LogP contribution in [-0.4, -0.2) is 36.0 Å². The zero-order valence-electron chi connectivity index (χ0n) is 22.4. The zero-order valence-corrected chi connectivity index (χ0v) is 23.3. The van der Waals surface area contributed by atoms with E-state index < -0.39 is 5.82 Å². The molecule has 0 bridgehead atoms. The van der Waals surface area contributed by atoms with Crippen molar-refractivity contribution in [3.05, 3.63) is 58.2 Å². The Bertz CT molecular complexity index is 1350. The van der Waals surface area contributed by atoms with Gasteiger partial charge in [-0.15, -0.1) is 0 Å². The molecule has 2 aliphatic rings. The fourth-order valence-corrected chi connectivity index (χ4v) is 5.78. The van der Waals surface area contributed by atoms with Gasteiger partial charge in [0.2, 0.25) is 0 Å². The number of hydrogen-bond acceptors (Lipinski definition) is 6. The van der Waals surface area contributed by atoms with Crippen LogP contribution in [0, 0.1) is 18.7 Å². The lowest BCUT2D eigenvalue weighted by molar-refractivity contribution is 0.0941. The van der Waals surface area contributed by atoms with Crippen LogP contribution in [-0.2, 0) is 0 Å². The minimum absolute atomic E-state index is 0.104. The molecule has 3 N–H and O–H groups in total. The summed E-state index contributed by atoms with van der Waals surface area (Å²) in [4.78, 5) is 31.1. The van der Waals surface area contributed by atoms with Gasteiger partial charge >= 0.3 is 0 Å². The molecule has 7 nitrogen and oxygen atoms in total. The molecule has 1 aromatic heterocycles. The number of halogens is 1. The van der Waals surface area contributed by atoms with Crippen molar-refractivity contribution in [2.24, 2.45) is 5.92 Å². The summed E-state index contributed by atoms with van der Waals surface area (Å²) in [5.74, 6) is -0.185. The minimum Gasteiger partial charge on any atom is -0.491 e. The molecule has 0 atom stereocenters.